The fraction of sp³-hybridized carbons (Fsp3) is 0.484. The summed E-state index contributed by atoms with van der Waals surface area (Å²) in [6.45, 7) is 3.08. The van der Waals surface area contributed by atoms with E-state index in [1.54, 1.807) is 0 Å². The van der Waals surface area contributed by atoms with Crippen LogP contribution in [0.5, 0.6) is 6.01 Å². The zero-order valence-electron chi connectivity index (χ0n) is 24.6. The van der Waals surface area contributed by atoms with Gasteiger partial charge in [0.15, 0.2) is 11.6 Å². The summed E-state index contributed by atoms with van der Waals surface area (Å²) in [7, 11) is 1.95. The standard InChI is InChI=1S/C31H31F3N8O2S/c1-41-5-4-20(32)14(10-41)11-44-31-39-27-24(30(40-31)42-15-2-3-16(42)8-37-7-15)19-13-43-12-18(19)22(25(27)34)26-23-17(6-35)29(36)45-28(23)21(33)9-38-26/h9,14-16,20,37H,2-5,7-8,10-13,36H2,1H3/t14-,15?,16?,20+/m1/s1. The second-order valence-corrected chi connectivity index (χ2v) is 13.4. The first kappa shape index (κ1) is 28.7. The number of alkyl halides is 1. The molecule has 0 amide bonds. The normalized spacial score (nSPS) is 24.8. The van der Waals surface area contributed by atoms with Gasteiger partial charge in [-0.05, 0) is 37.4 Å². The van der Waals surface area contributed by atoms with Crippen molar-refractivity contribution in [1.29, 1.82) is 5.26 Å². The van der Waals surface area contributed by atoms with E-state index in [0.717, 1.165) is 49.0 Å². The van der Waals surface area contributed by atoms with Gasteiger partial charge in [0, 0.05) is 55.1 Å². The molecule has 4 aliphatic rings. The van der Waals surface area contributed by atoms with Gasteiger partial charge in [-0.3, -0.25) is 4.98 Å². The van der Waals surface area contributed by atoms with Gasteiger partial charge < -0.3 is 30.3 Å². The maximum Gasteiger partial charge on any atom is 0.319 e. The Bertz CT molecular complexity index is 1880. The third kappa shape index (κ3) is 4.51. The Hall–Kier alpha value is -3.77. The molecule has 10 nitrogen and oxygen atoms in total. The molecule has 4 aliphatic heterocycles. The van der Waals surface area contributed by atoms with Gasteiger partial charge in [-0.15, -0.1) is 11.3 Å². The number of hydrogen-bond acceptors (Lipinski definition) is 11. The summed E-state index contributed by atoms with van der Waals surface area (Å²) in [6.07, 6.45) is 2.34. The minimum Gasteiger partial charge on any atom is -0.463 e. The molecule has 7 heterocycles. The molecule has 0 radical (unpaired) electrons. The number of pyridine rings is 1. The first-order valence-corrected chi connectivity index (χ1v) is 16.0. The number of nitrogens with one attached hydrogen (secondary N) is 1. The molecule has 4 atom stereocenters. The number of aromatic nitrogens is 3. The maximum atomic E-state index is 17.2. The number of ether oxygens (including phenoxy) is 2. The molecule has 0 aliphatic carbocycles. The number of hydrogen-bond donors (Lipinski definition) is 2. The lowest BCUT2D eigenvalue weighted by atomic mass is 9.93. The maximum absolute atomic E-state index is 17.2. The van der Waals surface area contributed by atoms with E-state index in [1.807, 2.05) is 13.1 Å². The second-order valence-electron chi connectivity index (χ2n) is 12.4. The van der Waals surface area contributed by atoms with Crippen molar-refractivity contribution in [1.82, 2.24) is 25.2 Å². The van der Waals surface area contributed by atoms with Crippen LogP contribution in [0, 0.1) is 28.9 Å². The van der Waals surface area contributed by atoms with Crippen molar-refractivity contribution in [2.75, 3.05) is 50.5 Å². The third-order valence-electron chi connectivity index (χ3n) is 9.70. The Kier molecular flexibility index (Phi) is 6.97. The highest BCUT2D eigenvalue weighted by atomic mass is 32.1. The van der Waals surface area contributed by atoms with Crippen LogP contribution in [0.2, 0.25) is 0 Å². The van der Waals surface area contributed by atoms with E-state index >= 15 is 4.39 Å². The highest BCUT2D eigenvalue weighted by Crippen LogP contribution is 2.47. The van der Waals surface area contributed by atoms with E-state index < -0.39 is 17.8 Å². The molecule has 3 fully saturated rings. The highest BCUT2D eigenvalue weighted by Gasteiger charge is 2.41. The molecule has 2 unspecified atom stereocenters. The molecule has 45 heavy (non-hydrogen) atoms. The number of likely N-dealkylation sites (tertiary alicyclic amines) is 1. The van der Waals surface area contributed by atoms with Crippen LogP contribution in [0.15, 0.2) is 6.20 Å². The van der Waals surface area contributed by atoms with Crippen LogP contribution >= 0.6 is 11.3 Å². The molecule has 14 heteroatoms. The Labute approximate surface area is 260 Å². The SMILES string of the molecule is CN1CC[C@H](F)[C@@H](COc2nc(N3C4CCC3CNC4)c3c4c(c(-c5ncc(F)c6sc(N)c(C#N)c56)c(F)c3n2)COC4)C1. The lowest BCUT2D eigenvalue weighted by Gasteiger charge is -2.37. The van der Waals surface area contributed by atoms with Gasteiger partial charge in [-0.25, -0.2) is 13.2 Å². The van der Waals surface area contributed by atoms with Crippen molar-refractivity contribution in [3.05, 3.63) is 34.5 Å². The smallest absolute Gasteiger partial charge is 0.319 e. The summed E-state index contributed by atoms with van der Waals surface area (Å²) < 4.78 is 59.0. The second kappa shape index (κ2) is 10.9. The summed E-state index contributed by atoms with van der Waals surface area (Å²) in [4.78, 5) is 18.1. The number of benzene rings is 1. The van der Waals surface area contributed by atoms with Crippen molar-refractivity contribution in [3.63, 3.8) is 0 Å². The average molecular weight is 637 g/mol. The quantitative estimate of drug-likeness (QED) is 0.328. The van der Waals surface area contributed by atoms with Crippen molar-refractivity contribution in [3.8, 4) is 23.3 Å². The van der Waals surface area contributed by atoms with Crippen LogP contribution in [0.4, 0.5) is 24.0 Å². The largest absolute Gasteiger partial charge is 0.463 e. The molecule has 3 saturated heterocycles. The predicted molar refractivity (Wildman–Crippen MR) is 164 cm³/mol. The first-order chi connectivity index (χ1) is 21.8. The summed E-state index contributed by atoms with van der Waals surface area (Å²) in [5, 5.41) is 14.2. The summed E-state index contributed by atoms with van der Waals surface area (Å²) >= 11 is 0.927. The molecule has 3 N–H and O–H groups in total. The minimum absolute atomic E-state index is 0.0192. The number of nitrogens with two attached hydrogens (primary N) is 1. The minimum atomic E-state index is -1.02. The molecular formula is C31H31F3N8O2S. The van der Waals surface area contributed by atoms with Crippen molar-refractivity contribution < 1.29 is 22.6 Å². The van der Waals surface area contributed by atoms with Crippen LogP contribution in [0.1, 0.15) is 36.0 Å². The van der Waals surface area contributed by atoms with Crippen molar-refractivity contribution in [2.24, 2.45) is 5.92 Å². The number of nitriles is 1. The number of halogens is 3. The van der Waals surface area contributed by atoms with Gasteiger partial charge in [0.2, 0.25) is 0 Å². The summed E-state index contributed by atoms with van der Waals surface area (Å²) in [5.41, 5.74) is 7.63. The molecular weight excluding hydrogens is 605 g/mol. The van der Waals surface area contributed by atoms with Gasteiger partial charge in [0.25, 0.3) is 0 Å². The van der Waals surface area contributed by atoms with Crippen LogP contribution in [-0.2, 0) is 18.0 Å². The lowest BCUT2D eigenvalue weighted by Crippen LogP contribution is -2.52. The highest BCUT2D eigenvalue weighted by molar-refractivity contribution is 7.23. The van der Waals surface area contributed by atoms with E-state index in [0.29, 0.717) is 36.3 Å². The van der Waals surface area contributed by atoms with E-state index in [-0.39, 0.29) is 81.3 Å². The fourth-order valence-electron chi connectivity index (χ4n) is 7.53. The number of piperidine rings is 1. The van der Waals surface area contributed by atoms with Crippen LogP contribution in [-0.4, -0.2) is 77.9 Å². The lowest BCUT2D eigenvalue weighted by molar-refractivity contribution is 0.0664. The Morgan fingerprint density at radius 3 is 2.71 bits per heavy atom. The zero-order valence-corrected chi connectivity index (χ0v) is 25.4. The predicted octanol–water partition coefficient (Wildman–Crippen LogP) is 4.28. The van der Waals surface area contributed by atoms with Gasteiger partial charge in [-0.2, -0.15) is 15.2 Å². The fourth-order valence-corrected chi connectivity index (χ4v) is 8.45. The summed E-state index contributed by atoms with van der Waals surface area (Å²) in [6, 6.07) is 2.32. The first-order valence-electron chi connectivity index (χ1n) is 15.2. The molecule has 1 aromatic carbocycles. The zero-order chi connectivity index (χ0) is 31.0. The molecule has 8 rings (SSSR count). The summed E-state index contributed by atoms with van der Waals surface area (Å²) in [5.74, 6) is -1.14. The molecule has 0 spiro atoms. The Morgan fingerprint density at radius 2 is 1.93 bits per heavy atom. The van der Waals surface area contributed by atoms with E-state index in [4.69, 9.17) is 20.2 Å². The van der Waals surface area contributed by atoms with Gasteiger partial charge >= 0.3 is 6.01 Å². The van der Waals surface area contributed by atoms with Gasteiger partial charge in [0.1, 0.15) is 28.6 Å². The number of piperazine rings is 1. The Balaban J connectivity index is 1.35. The number of nitrogen functional groups attached to an aromatic ring is 1. The third-order valence-corrected chi connectivity index (χ3v) is 10.7. The van der Waals surface area contributed by atoms with E-state index in [2.05, 4.69) is 25.1 Å². The van der Waals surface area contributed by atoms with Gasteiger partial charge in [-0.1, -0.05) is 0 Å². The van der Waals surface area contributed by atoms with Crippen LogP contribution in [0.25, 0.3) is 32.2 Å². The molecule has 4 aromatic rings. The van der Waals surface area contributed by atoms with Crippen molar-refractivity contribution in [2.45, 2.75) is 50.7 Å². The average Bonchev–Trinajstić information content (AvgIpc) is 3.71. The Morgan fingerprint density at radius 1 is 1.16 bits per heavy atom. The van der Waals surface area contributed by atoms with Crippen LogP contribution in [0.3, 0.4) is 0 Å². The monoisotopic (exact) mass is 636 g/mol. The molecule has 2 bridgehead atoms. The van der Waals surface area contributed by atoms with Crippen LogP contribution < -0.4 is 20.7 Å². The number of rotatable bonds is 5. The van der Waals surface area contributed by atoms with Crippen molar-refractivity contribution >= 4 is 43.1 Å². The molecule has 234 valence electrons. The van der Waals surface area contributed by atoms with E-state index in [9.17, 15) is 14.0 Å². The van der Waals surface area contributed by atoms with Gasteiger partial charge in [0.05, 0.1) is 47.4 Å². The number of nitrogens with zero attached hydrogens (tertiary/aromatic N) is 6. The van der Waals surface area contributed by atoms with E-state index in [1.165, 1.54) is 0 Å². The number of thiophene rings is 1. The molecule has 3 aromatic heterocycles. The number of fused-ring (bicyclic) bond motifs is 6. The topological polar surface area (TPSA) is 125 Å². The molecule has 0 saturated carbocycles. The number of anilines is 2.